The van der Waals surface area contributed by atoms with Crippen LogP contribution in [0.4, 0.5) is 0 Å². The van der Waals surface area contributed by atoms with Crippen molar-refractivity contribution in [3.05, 3.63) is 71.7 Å². The monoisotopic (exact) mass is 376 g/mol. The maximum atomic E-state index is 12.7. The lowest BCUT2D eigenvalue weighted by atomic mass is 9.96. The Morgan fingerprint density at radius 2 is 2.00 bits per heavy atom. The fourth-order valence-corrected chi connectivity index (χ4v) is 3.65. The van der Waals surface area contributed by atoms with Crippen molar-refractivity contribution in [2.75, 3.05) is 13.1 Å². The third-order valence-corrected chi connectivity index (χ3v) is 5.31. The van der Waals surface area contributed by atoms with Crippen LogP contribution >= 0.6 is 0 Å². The molecule has 2 aromatic heterocycles. The number of aromatic nitrogens is 2. The SMILES string of the molecule is Cc1ccc(C(=O)N2CCCC(C(=O)NCc3ccn4ccnc4c3)C2)cc1. The number of carbonyl (C=O) groups is 2. The minimum Gasteiger partial charge on any atom is -0.352 e. The van der Waals surface area contributed by atoms with Crippen LogP contribution in [-0.2, 0) is 11.3 Å². The van der Waals surface area contributed by atoms with Crippen LogP contribution in [0.3, 0.4) is 0 Å². The zero-order valence-corrected chi connectivity index (χ0v) is 16.0. The number of rotatable bonds is 4. The summed E-state index contributed by atoms with van der Waals surface area (Å²) in [5, 5.41) is 3.02. The molecule has 1 saturated heterocycles. The van der Waals surface area contributed by atoms with Gasteiger partial charge < -0.3 is 14.6 Å². The smallest absolute Gasteiger partial charge is 0.253 e. The number of aryl methyl sites for hydroxylation is 1. The Bertz CT molecular complexity index is 993. The van der Waals surface area contributed by atoms with Gasteiger partial charge in [0.25, 0.3) is 5.91 Å². The number of piperidine rings is 1. The van der Waals surface area contributed by atoms with E-state index in [4.69, 9.17) is 0 Å². The fraction of sp³-hybridized carbons (Fsp3) is 0.318. The first-order chi connectivity index (χ1) is 13.6. The molecule has 28 heavy (non-hydrogen) atoms. The van der Waals surface area contributed by atoms with Gasteiger partial charge in [0.1, 0.15) is 5.65 Å². The van der Waals surface area contributed by atoms with Gasteiger partial charge in [-0.15, -0.1) is 0 Å². The van der Waals surface area contributed by atoms with E-state index in [1.54, 1.807) is 11.1 Å². The number of carbonyl (C=O) groups excluding carboxylic acids is 2. The predicted molar refractivity (Wildman–Crippen MR) is 107 cm³/mol. The summed E-state index contributed by atoms with van der Waals surface area (Å²) in [6.45, 7) is 3.63. The second kappa shape index (κ2) is 7.84. The number of nitrogens with zero attached hydrogens (tertiary/aromatic N) is 3. The van der Waals surface area contributed by atoms with Gasteiger partial charge in [0, 0.05) is 43.8 Å². The highest BCUT2D eigenvalue weighted by molar-refractivity contribution is 5.94. The van der Waals surface area contributed by atoms with Gasteiger partial charge in [0.2, 0.25) is 5.91 Å². The number of hydrogen-bond donors (Lipinski definition) is 1. The molecule has 1 unspecified atom stereocenters. The molecule has 144 valence electrons. The van der Waals surface area contributed by atoms with Gasteiger partial charge in [-0.05, 0) is 49.6 Å². The molecule has 0 bridgehead atoms. The minimum absolute atomic E-state index is 0.00209. The quantitative estimate of drug-likeness (QED) is 0.761. The van der Waals surface area contributed by atoms with E-state index in [0.29, 0.717) is 25.2 Å². The molecule has 1 aromatic carbocycles. The van der Waals surface area contributed by atoms with Crippen LogP contribution in [0.15, 0.2) is 55.0 Å². The Hall–Kier alpha value is -3.15. The summed E-state index contributed by atoms with van der Waals surface area (Å²) >= 11 is 0. The molecule has 1 fully saturated rings. The van der Waals surface area contributed by atoms with E-state index in [-0.39, 0.29) is 17.7 Å². The van der Waals surface area contributed by atoms with Crippen LogP contribution in [-0.4, -0.2) is 39.2 Å². The molecule has 0 aliphatic carbocycles. The van der Waals surface area contributed by atoms with E-state index in [1.807, 2.05) is 60.1 Å². The first kappa shape index (κ1) is 18.2. The number of amides is 2. The number of hydrogen-bond acceptors (Lipinski definition) is 3. The summed E-state index contributed by atoms with van der Waals surface area (Å²) in [7, 11) is 0. The van der Waals surface area contributed by atoms with Crippen molar-refractivity contribution >= 4 is 17.5 Å². The first-order valence-electron chi connectivity index (χ1n) is 9.65. The normalized spacial score (nSPS) is 16.9. The van der Waals surface area contributed by atoms with Gasteiger partial charge in [0.05, 0.1) is 5.92 Å². The lowest BCUT2D eigenvalue weighted by Crippen LogP contribution is -2.45. The van der Waals surface area contributed by atoms with Crippen molar-refractivity contribution in [3.63, 3.8) is 0 Å². The average Bonchev–Trinajstić information content (AvgIpc) is 3.20. The average molecular weight is 376 g/mol. The highest BCUT2D eigenvalue weighted by Gasteiger charge is 2.28. The second-order valence-electron chi connectivity index (χ2n) is 7.40. The molecule has 6 nitrogen and oxygen atoms in total. The van der Waals surface area contributed by atoms with Gasteiger partial charge in [-0.3, -0.25) is 9.59 Å². The summed E-state index contributed by atoms with van der Waals surface area (Å²) in [4.78, 5) is 31.5. The van der Waals surface area contributed by atoms with Crippen molar-refractivity contribution in [3.8, 4) is 0 Å². The molecule has 0 spiro atoms. The molecule has 1 atom stereocenters. The standard InChI is InChI=1S/C22H24N4O2/c1-16-4-6-18(7-5-16)22(28)26-10-2-3-19(15-26)21(27)24-14-17-8-11-25-12-9-23-20(25)13-17/h4-9,11-13,19H,2-3,10,14-15H2,1H3,(H,24,27). The van der Waals surface area contributed by atoms with Gasteiger partial charge >= 0.3 is 0 Å². The van der Waals surface area contributed by atoms with Crippen LogP contribution in [0.25, 0.3) is 5.65 Å². The molecule has 4 rings (SSSR count). The van der Waals surface area contributed by atoms with E-state index in [9.17, 15) is 9.59 Å². The van der Waals surface area contributed by atoms with Crippen LogP contribution < -0.4 is 5.32 Å². The Morgan fingerprint density at radius 1 is 1.18 bits per heavy atom. The number of likely N-dealkylation sites (tertiary alicyclic amines) is 1. The minimum atomic E-state index is -0.168. The van der Waals surface area contributed by atoms with Gasteiger partial charge in [-0.1, -0.05) is 17.7 Å². The van der Waals surface area contributed by atoms with E-state index in [2.05, 4.69) is 10.3 Å². The molecule has 3 heterocycles. The third kappa shape index (κ3) is 3.91. The van der Waals surface area contributed by atoms with Gasteiger partial charge in [0.15, 0.2) is 0 Å². The first-order valence-corrected chi connectivity index (χ1v) is 9.65. The molecule has 0 saturated carbocycles. The number of benzene rings is 1. The molecule has 1 aliphatic heterocycles. The van der Waals surface area contributed by atoms with E-state index < -0.39 is 0 Å². The third-order valence-electron chi connectivity index (χ3n) is 5.31. The molecule has 6 heteroatoms. The summed E-state index contributed by atoms with van der Waals surface area (Å²) in [6, 6.07) is 11.5. The number of fused-ring (bicyclic) bond motifs is 1. The van der Waals surface area contributed by atoms with Crippen LogP contribution in [0.5, 0.6) is 0 Å². The molecule has 3 aromatic rings. The Labute approximate surface area is 164 Å². The maximum Gasteiger partial charge on any atom is 0.253 e. The zero-order chi connectivity index (χ0) is 19.5. The zero-order valence-electron chi connectivity index (χ0n) is 16.0. The molecule has 0 radical (unpaired) electrons. The van der Waals surface area contributed by atoms with E-state index >= 15 is 0 Å². The summed E-state index contributed by atoms with van der Waals surface area (Å²) < 4.78 is 1.93. The number of nitrogens with one attached hydrogen (secondary N) is 1. The molecular weight excluding hydrogens is 352 g/mol. The Morgan fingerprint density at radius 3 is 2.82 bits per heavy atom. The van der Waals surface area contributed by atoms with Crippen molar-refractivity contribution in [2.24, 2.45) is 5.92 Å². The van der Waals surface area contributed by atoms with Crippen molar-refractivity contribution in [1.29, 1.82) is 0 Å². The molecule has 1 N–H and O–H groups in total. The van der Waals surface area contributed by atoms with Crippen molar-refractivity contribution in [2.45, 2.75) is 26.3 Å². The Kier molecular flexibility index (Phi) is 5.10. The lowest BCUT2D eigenvalue weighted by Gasteiger charge is -2.32. The summed E-state index contributed by atoms with van der Waals surface area (Å²) in [5.41, 5.74) is 3.68. The highest BCUT2D eigenvalue weighted by atomic mass is 16.2. The second-order valence-corrected chi connectivity index (χ2v) is 7.40. The predicted octanol–water partition coefficient (Wildman–Crippen LogP) is 2.81. The number of pyridine rings is 1. The van der Waals surface area contributed by atoms with Crippen LogP contribution in [0.1, 0.15) is 34.3 Å². The number of imidazole rings is 1. The maximum absolute atomic E-state index is 12.7. The van der Waals surface area contributed by atoms with Crippen molar-refractivity contribution in [1.82, 2.24) is 19.6 Å². The lowest BCUT2D eigenvalue weighted by molar-refractivity contribution is -0.126. The van der Waals surface area contributed by atoms with Crippen molar-refractivity contribution < 1.29 is 9.59 Å². The summed E-state index contributed by atoms with van der Waals surface area (Å²) in [5.74, 6) is -0.162. The van der Waals surface area contributed by atoms with E-state index in [1.165, 1.54) is 0 Å². The Balaban J connectivity index is 1.36. The topological polar surface area (TPSA) is 66.7 Å². The van der Waals surface area contributed by atoms with Crippen LogP contribution in [0.2, 0.25) is 0 Å². The van der Waals surface area contributed by atoms with Gasteiger partial charge in [-0.2, -0.15) is 0 Å². The van der Waals surface area contributed by atoms with Crippen LogP contribution in [0, 0.1) is 12.8 Å². The highest BCUT2D eigenvalue weighted by Crippen LogP contribution is 2.19. The molecular formula is C22H24N4O2. The summed E-state index contributed by atoms with van der Waals surface area (Å²) in [6.07, 6.45) is 7.23. The fourth-order valence-electron chi connectivity index (χ4n) is 3.65. The largest absolute Gasteiger partial charge is 0.352 e. The molecule has 1 aliphatic rings. The van der Waals surface area contributed by atoms with Gasteiger partial charge in [-0.25, -0.2) is 4.98 Å². The van der Waals surface area contributed by atoms with E-state index in [0.717, 1.165) is 29.6 Å². The molecule has 2 amide bonds.